The standard InChI is InChI=1S/C19H15IN2O3S/c20-18-9-5-4-8-17(18)19(23)21-14-10-12-16(13-11-14)26(24,25)22-15-6-2-1-3-7-15/h1-13,22H,(H,21,23). The molecular formula is C19H15IN2O3S. The molecule has 3 aromatic rings. The van der Waals surface area contributed by atoms with Gasteiger partial charge in [0.2, 0.25) is 0 Å². The first kappa shape index (κ1) is 18.4. The summed E-state index contributed by atoms with van der Waals surface area (Å²) >= 11 is 2.10. The van der Waals surface area contributed by atoms with Crippen LogP contribution in [0.15, 0.2) is 83.8 Å². The molecule has 0 fully saturated rings. The molecule has 3 rings (SSSR count). The zero-order valence-corrected chi connectivity index (χ0v) is 16.5. The van der Waals surface area contributed by atoms with Crippen LogP contribution in [0, 0.1) is 3.57 Å². The summed E-state index contributed by atoms with van der Waals surface area (Å²) in [5, 5.41) is 2.77. The van der Waals surface area contributed by atoms with Crippen LogP contribution in [0.3, 0.4) is 0 Å². The third kappa shape index (κ3) is 4.41. The summed E-state index contributed by atoms with van der Waals surface area (Å²) in [5.74, 6) is -0.243. The van der Waals surface area contributed by atoms with Crippen molar-refractivity contribution in [2.45, 2.75) is 4.90 Å². The Bertz CT molecular complexity index is 1020. The van der Waals surface area contributed by atoms with Crippen LogP contribution in [-0.4, -0.2) is 14.3 Å². The summed E-state index contributed by atoms with van der Waals surface area (Å²) in [7, 11) is -3.68. The van der Waals surface area contributed by atoms with Crippen LogP contribution in [0.4, 0.5) is 11.4 Å². The maximum Gasteiger partial charge on any atom is 0.261 e. The molecule has 5 nitrogen and oxygen atoms in total. The predicted molar refractivity (Wildman–Crippen MR) is 111 cm³/mol. The molecule has 7 heteroatoms. The molecule has 2 N–H and O–H groups in total. The number of amides is 1. The number of rotatable bonds is 5. The van der Waals surface area contributed by atoms with Crippen molar-refractivity contribution in [3.8, 4) is 0 Å². The Kier molecular flexibility index (Phi) is 5.58. The highest BCUT2D eigenvalue weighted by molar-refractivity contribution is 14.1. The third-order valence-corrected chi connectivity index (χ3v) is 5.90. The lowest BCUT2D eigenvalue weighted by Gasteiger charge is -2.10. The van der Waals surface area contributed by atoms with E-state index in [2.05, 4.69) is 32.6 Å². The number of hydrogen-bond acceptors (Lipinski definition) is 3. The summed E-state index contributed by atoms with van der Waals surface area (Å²) in [4.78, 5) is 12.4. The summed E-state index contributed by atoms with van der Waals surface area (Å²) in [5.41, 5.74) is 1.58. The van der Waals surface area contributed by atoms with E-state index in [0.29, 0.717) is 16.9 Å². The van der Waals surface area contributed by atoms with E-state index in [0.717, 1.165) is 3.57 Å². The lowest BCUT2D eigenvalue weighted by Crippen LogP contribution is -2.14. The monoisotopic (exact) mass is 478 g/mol. The molecule has 0 atom stereocenters. The number of sulfonamides is 1. The van der Waals surface area contributed by atoms with Gasteiger partial charge in [-0.3, -0.25) is 9.52 Å². The molecular weight excluding hydrogens is 463 g/mol. The van der Waals surface area contributed by atoms with Crippen molar-refractivity contribution >= 4 is 49.9 Å². The first-order valence-electron chi connectivity index (χ1n) is 7.69. The number of anilines is 2. The van der Waals surface area contributed by atoms with E-state index in [4.69, 9.17) is 0 Å². The topological polar surface area (TPSA) is 75.3 Å². The van der Waals surface area contributed by atoms with Gasteiger partial charge in [0.1, 0.15) is 0 Å². The summed E-state index contributed by atoms with van der Waals surface area (Å²) in [6.07, 6.45) is 0. The van der Waals surface area contributed by atoms with Crippen LogP contribution >= 0.6 is 22.6 Å². The van der Waals surface area contributed by atoms with Gasteiger partial charge in [0.05, 0.1) is 10.5 Å². The Morgan fingerprint density at radius 3 is 2.04 bits per heavy atom. The van der Waals surface area contributed by atoms with E-state index in [1.165, 1.54) is 12.1 Å². The Morgan fingerprint density at radius 1 is 0.769 bits per heavy atom. The van der Waals surface area contributed by atoms with E-state index >= 15 is 0 Å². The second-order valence-electron chi connectivity index (χ2n) is 5.43. The Labute approximate surface area is 165 Å². The average molecular weight is 478 g/mol. The molecule has 26 heavy (non-hydrogen) atoms. The molecule has 0 bridgehead atoms. The van der Waals surface area contributed by atoms with Crippen LogP contribution < -0.4 is 10.0 Å². The van der Waals surface area contributed by atoms with E-state index in [9.17, 15) is 13.2 Å². The molecule has 0 aromatic heterocycles. The van der Waals surface area contributed by atoms with Crippen LogP contribution in [0.1, 0.15) is 10.4 Å². The van der Waals surface area contributed by atoms with Gasteiger partial charge in [-0.15, -0.1) is 0 Å². The first-order valence-corrected chi connectivity index (χ1v) is 10.3. The fraction of sp³-hybridized carbons (Fsp3) is 0. The van der Waals surface area contributed by atoms with Gasteiger partial charge in [0, 0.05) is 14.9 Å². The number of carbonyl (C=O) groups excluding carboxylic acids is 1. The summed E-state index contributed by atoms with van der Waals surface area (Å²) in [6, 6.07) is 21.9. The summed E-state index contributed by atoms with van der Waals surface area (Å²) < 4.78 is 28.2. The van der Waals surface area contributed by atoms with Crippen LogP contribution in [-0.2, 0) is 10.0 Å². The van der Waals surface area contributed by atoms with Crippen molar-refractivity contribution in [1.29, 1.82) is 0 Å². The minimum absolute atomic E-state index is 0.119. The highest BCUT2D eigenvalue weighted by atomic mass is 127. The van der Waals surface area contributed by atoms with Crippen molar-refractivity contribution in [2.24, 2.45) is 0 Å². The highest BCUT2D eigenvalue weighted by Crippen LogP contribution is 2.19. The van der Waals surface area contributed by atoms with Gasteiger partial charge in [0.15, 0.2) is 0 Å². The first-order chi connectivity index (χ1) is 12.5. The van der Waals surface area contributed by atoms with E-state index in [1.807, 2.05) is 18.2 Å². The second-order valence-corrected chi connectivity index (χ2v) is 8.27. The zero-order chi connectivity index (χ0) is 18.6. The number of carbonyl (C=O) groups is 1. The Morgan fingerprint density at radius 2 is 1.38 bits per heavy atom. The minimum Gasteiger partial charge on any atom is -0.322 e. The summed E-state index contributed by atoms with van der Waals surface area (Å²) in [6.45, 7) is 0. The largest absolute Gasteiger partial charge is 0.322 e. The average Bonchev–Trinajstić information content (AvgIpc) is 2.63. The van der Waals surface area contributed by atoms with Gasteiger partial charge in [-0.05, 0) is 71.1 Å². The fourth-order valence-corrected chi connectivity index (χ4v) is 3.97. The number of nitrogens with one attached hydrogen (secondary N) is 2. The fourth-order valence-electron chi connectivity index (χ4n) is 2.28. The molecule has 0 unspecified atom stereocenters. The molecule has 0 aliphatic carbocycles. The number of para-hydroxylation sites is 1. The van der Waals surface area contributed by atoms with E-state index in [-0.39, 0.29) is 10.8 Å². The van der Waals surface area contributed by atoms with Gasteiger partial charge in [-0.25, -0.2) is 8.42 Å². The van der Waals surface area contributed by atoms with E-state index in [1.54, 1.807) is 48.5 Å². The normalized spacial score (nSPS) is 11.0. The molecule has 0 aliphatic rings. The van der Waals surface area contributed by atoms with Crippen molar-refractivity contribution in [2.75, 3.05) is 10.0 Å². The number of benzene rings is 3. The zero-order valence-electron chi connectivity index (χ0n) is 13.5. The number of hydrogen-bond donors (Lipinski definition) is 2. The number of halogens is 1. The van der Waals surface area contributed by atoms with Crippen molar-refractivity contribution in [3.05, 3.63) is 88.0 Å². The molecule has 0 spiro atoms. The van der Waals surface area contributed by atoms with Crippen molar-refractivity contribution in [1.82, 2.24) is 0 Å². The molecule has 0 heterocycles. The molecule has 132 valence electrons. The van der Waals surface area contributed by atoms with Crippen LogP contribution in [0.2, 0.25) is 0 Å². The smallest absolute Gasteiger partial charge is 0.261 e. The molecule has 0 saturated carbocycles. The van der Waals surface area contributed by atoms with Gasteiger partial charge >= 0.3 is 0 Å². The molecule has 0 radical (unpaired) electrons. The third-order valence-electron chi connectivity index (χ3n) is 3.57. The molecule has 3 aromatic carbocycles. The molecule has 0 saturated heterocycles. The maximum absolute atomic E-state index is 12.4. The van der Waals surface area contributed by atoms with Crippen LogP contribution in [0.25, 0.3) is 0 Å². The highest BCUT2D eigenvalue weighted by Gasteiger charge is 2.15. The Hall–Kier alpha value is -2.39. The Balaban J connectivity index is 1.74. The quantitative estimate of drug-likeness (QED) is 0.536. The SMILES string of the molecule is O=C(Nc1ccc(S(=O)(=O)Nc2ccccc2)cc1)c1ccccc1I. The molecule has 0 aliphatic heterocycles. The van der Waals surface area contributed by atoms with Gasteiger partial charge < -0.3 is 5.32 Å². The van der Waals surface area contributed by atoms with Gasteiger partial charge in [-0.1, -0.05) is 30.3 Å². The van der Waals surface area contributed by atoms with E-state index < -0.39 is 10.0 Å². The molecule has 1 amide bonds. The van der Waals surface area contributed by atoms with Crippen LogP contribution in [0.5, 0.6) is 0 Å². The van der Waals surface area contributed by atoms with Crippen molar-refractivity contribution in [3.63, 3.8) is 0 Å². The second kappa shape index (κ2) is 7.88. The minimum atomic E-state index is -3.68. The van der Waals surface area contributed by atoms with Gasteiger partial charge in [-0.2, -0.15) is 0 Å². The maximum atomic E-state index is 12.4. The lowest BCUT2D eigenvalue weighted by molar-refractivity contribution is 0.102. The lowest BCUT2D eigenvalue weighted by atomic mass is 10.2. The van der Waals surface area contributed by atoms with Gasteiger partial charge in [0.25, 0.3) is 15.9 Å². The predicted octanol–water partition coefficient (Wildman–Crippen LogP) is 4.34. The van der Waals surface area contributed by atoms with Crippen molar-refractivity contribution < 1.29 is 13.2 Å².